The largest absolute Gasteiger partial charge is 0.367 e. The number of halogens is 3. The number of rotatable bonds is 2. The molecule has 2 heterocycles. The molecule has 2 amide bonds. The lowest BCUT2D eigenvalue weighted by atomic mass is 10.3. The molecule has 0 aliphatic carbocycles. The summed E-state index contributed by atoms with van der Waals surface area (Å²) < 4.78 is 0. The summed E-state index contributed by atoms with van der Waals surface area (Å²) in [5.74, 6) is 0. The zero-order valence-corrected chi connectivity index (χ0v) is 15.7. The second-order valence-electron chi connectivity index (χ2n) is 5.69. The van der Waals surface area contributed by atoms with E-state index in [1.165, 1.54) is 0 Å². The molecule has 2 aromatic rings. The van der Waals surface area contributed by atoms with Crippen LogP contribution in [0, 0.1) is 0 Å². The summed E-state index contributed by atoms with van der Waals surface area (Å²) in [5, 5.41) is 4.41. The summed E-state index contributed by atoms with van der Waals surface area (Å²) >= 11 is 18.6. The Morgan fingerprint density at radius 1 is 0.960 bits per heavy atom. The number of hydrogen-bond donors (Lipinski definition) is 1. The fourth-order valence-electron chi connectivity index (χ4n) is 2.81. The maximum absolute atomic E-state index is 12.5. The summed E-state index contributed by atoms with van der Waals surface area (Å²) in [6.45, 7) is 2.61. The first-order valence-electron chi connectivity index (χ1n) is 7.90. The van der Waals surface area contributed by atoms with Gasteiger partial charge in [0.1, 0.15) is 0 Å². The maximum Gasteiger partial charge on any atom is 0.321 e. The fraction of sp³-hybridized carbons (Fsp3) is 0.294. The van der Waals surface area contributed by atoms with Gasteiger partial charge in [0.05, 0.1) is 26.4 Å². The molecular weight excluding hydrogens is 383 g/mol. The number of aromatic nitrogens is 1. The molecule has 1 aromatic carbocycles. The molecule has 1 saturated heterocycles. The van der Waals surface area contributed by atoms with Gasteiger partial charge in [0.15, 0.2) is 0 Å². The molecule has 8 heteroatoms. The van der Waals surface area contributed by atoms with Gasteiger partial charge in [0, 0.05) is 38.6 Å². The Bertz CT molecular complexity index is 751. The molecule has 0 bridgehead atoms. The minimum atomic E-state index is -0.165. The highest BCUT2D eigenvalue weighted by Crippen LogP contribution is 2.33. The number of hydrogen-bond acceptors (Lipinski definition) is 3. The van der Waals surface area contributed by atoms with Crippen molar-refractivity contribution in [1.29, 1.82) is 0 Å². The predicted octanol–water partition coefficient (Wildman–Crippen LogP) is 4.79. The molecule has 1 N–H and O–H groups in total. The quantitative estimate of drug-likeness (QED) is 0.790. The number of carbonyl (C=O) groups excluding carboxylic acids is 1. The minimum Gasteiger partial charge on any atom is -0.367 e. The van der Waals surface area contributed by atoms with Gasteiger partial charge in [-0.3, -0.25) is 4.98 Å². The normalized spacial score (nSPS) is 15.0. The topological polar surface area (TPSA) is 48.5 Å². The summed E-state index contributed by atoms with van der Waals surface area (Å²) in [4.78, 5) is 20.4. The van der Waals surface area contributed by atoms with Crippen LogP contribution in [-0.4, -0.2) is 42.1 Å². The van der Waals surface area contributed by atoms with E-state index in [4.69, 9.17) is 34.8 Å². The number of amides is 2. The zero-order chi connectivity index (χ0) is 17.8. The van der Waals surface area contributed by atoms with Crippen LogP contribution in [0.3, 0.4) is 0 Å². The number of benzene rings is 1. The van der Waals surface area contributed by atoms with Crippen LogP contribution in [0.1, 0.15) is 6.42 Å². The Balaban J connectivity index is 1.67. The lowest BCUT2D eigenvalue weighted by molar-refractivity contribution is 0.215. The van der Waals surface area contributed by atoms with E-state index in [-0.39, 0.29) is 6.03 Å². The van der Waals surface area contributed by atoms with Crippen molar-refractivity contribution in [2.45, 2.75) is 6.42 Å². The van der Waals surface area contributed by atoms with Gasteiger partial charge in [-0.2, -0.15) is 0 Å². The number of pyridine rings is 1. The van der Waals surface area contributed by atoms with Crippen LogP contribution in [0.4, 0.5) is 16.2 Å². The van der Waals surface area contributed by atoms with Crippen LogP contribution in [0.15, 0.2) is 36.7 Å². The van der Waals surface area contributed by atoms with Crippen LogP contribution in [0.5, 0.6) is 0 Å². The second-order valence-corrected chi connectivity index (χ2v) is 6.91. The third kappa shape index (κ3) is 4.29. The van der Waals surface area contributed by atoms with E-state index in [1.807, 2.05) is 12.1 Å². The van der Waals surface area contributed by atoms with Gasteiger partial charge >= 0.3 is 6.03 Å². The molecule has 0 saturated carbocycles. The molecule has 1 aromatic heterocycles. The lowest BCUT2D eigenvalue weighted by Gasteiger charge is -2.25. The molecule has 25 heavy (non-hydrogen) atoms. The molecule has 1 fully saturated rings. The van der Waals surface area contributed by atoms with Gasteiger partial charge in [-0.25, -0.2) is 4.79 Å². The van der Waals surface area contributed by atoms with E-state index in [0.717, 1.165) is 18.7 Å². The molecular formula is C17H17Cl3N4O. The smallest absolute Gasteiger partial charge is 0.321 e. The molecule has 0 unspecified atom stereocenters. The first-order valence-corrected chi connectivity index (χ1v) is 9.04. The van der Waals surface area contributed by atoms with Crippen molar-refractivity contribution in [3.05, 3.63) is 51.7 Å². The average Bonchev–Trinajstić information content (AvgIpc) is 2.83. The van der Waals surface area contributed by atoms with E-state index in [2.05, 4.69) is 15.2 Å². The number of nitrogens with one attached hydrogen (secondary N) is 1. The fourth-order valence-corrected chi connectivity index (χ4v) is 3.59. The molecule has 0 atom stereocenters. The Morgan fingerprint density at radius 3 is 2.40 bits per heavy atom. The van der Waals surface area contributed by atoms with Gasteiger partial charge in [0.25, 0.3) is 0 Å². The van der Waals surface area contributed by atoms with E-state index >= 15 is 0 Å². The summed E-state index contributed by atoms with van der Waals surface area (Å²) in [6.07, 6.45) is 3.97. The minimum absolute atomic E-state index is 0.165. The van der Waals surface area contributed by atoms with Gasteiger partial charge in [-0.05, 0) is 18.6 Å². The lowest BCUT2D eigenvalue weighted by Crippen LogP contribution is -2.38. The third-order valence-corrected chi connectivity index (χ3v) is 4.93. The molecule has 0 radical (unpaired) electrons. The Morgan fingerprint density at radius 2 is 1.68 bits per heavy atom. The summed E-state index contributed by atoms with van der Waals surface area (Å²) in [6, 6.07) is 7.01. The molecule has 132 valence electrons. The van der Waals surface area contributed by atoms with Crippen LogP contribution in [0.25, 0.3) is 0 Å². The van der Waals surface area contributed by atoms with Crippen LogP contribution >= 0.6 is 34.8 Å². The van der Waals surface area contributed by atoms with Crippen molar-refractivity contribution < 1.29 is 4.79 Å². The van der Waals surface area contributed by atoms with Crippen molar-refractivity contribution in [3.8, 4) is 0 Å². The number of para-hydroxylation sites is 1. The first kappa shape index (κ1) is 18.1. The summed E-state index contributed by atoms with van der Waals surface area (Å²) in [7, 11) is 0. The van der Waals surface area contributed by atoms with Gasteiger partial charge in [-0.1, -0.05) is 46.9 Å². The Kier molecular flexibility index (Phi) is 5.89. The Hall–Kier alpha value is -1.69. The third-order valence-electron chi connectivity index (χ3n) is 4.04. The molecule has 3 rings (SSSR count). The van der Waals surface area contributed by atoms with Gasteiger partial charge in [0.2, 0.25) is 0 Å². The number of anilines is 2. The first-order chi connectivity index (χ1) is 12.1. The van der Waals surface area contributed by atoms with E-state index in [0.29, 0.717) is 40.4 Å². The van der Waals surface area contributed by atoms with Crippen molar-refractivity contribution >= 4 is 52.2 Å². The Labute approximate surface area is 161 Å². The second kappa shape index (κ2) is 8.13. The monoisotopic (exact) mass is 398 g/mol. The van der Waals surface area contributed by atoms with Crippen LogP contribution in [0.2, 0.25) is 15.1 Å². The van der Waals surface area contributed by atoms with Crippen molar-refractivity contribution in [3.63, 3.8) is 0 Å². The number of carbonyl (C=O) groups is 1. The predicted molar refractivity (Wildman–Crippen MR) is 103 cm³/mol. The van der Waals surface area contributed by atoms with Crippen LogP contribution in [-0.2, 0) is 0 Å². The SMILES string of the molecule is O=C(Nc1ccccc1Cl)N1CCCN(c2c(Cl)cncc2Cl)CC1. The van der Waals surface area contributed by atoms with E-state index in [9.17, 15) is 4.79 Å². The van der Waals surface area contributed by atoms with Crippen molar-refractivity contribution in [2.75, 3.05) is 36.4 Å². The van der Waals surface area contributed by atoms with Gasteiger partial charge < -0.3 is 15.1 Å². The highest BCUT2D eigenvalue weighted by molar-refractivity contribution is 6.38. The van der Waals surface area contributed by atoms with Crippen molar-refractivity contribution in [1.82, 2.24) is 9.88 Å². The molecule has 0 spiro atoms. The highest BCUT2D eigenvalue weighted by atomic mass is 35.5. The average molecular weight is 400 g/mol. The van der Waals surface area contributed by atoms with Crippen LogP contribution < -0.4 is 10.2 Å². The van der Waals surface area contributed by atoms with E-state index < -0.39 is 0 Å². The highest BCUT2D eigenvalue weighted by Gasteiger charge is 2.22. The van der Waals surface area contributed by atoms with Crippen molar-refractivity contribution in [2.24, 2.45) is 0 Å². The molecule has 5 nitrogen and oxygen atoms in total. The zero-order valence-electron chi connectivity index (χ0n) is 13.4. The summed E-state index contributed by atoms with van der Waals surface area (Å²) in [5.41, 5.74) is 1.38. The molecule has 1 aliphatic heterocycles. The van der Waals surface area contributed by atoms with Gasteiger partial charge in [-0.15, -0.1) is 0 Å². The van der Waals surface area contributed by atoms with E-state index in [1.54, 1.807) is 29.4 Å². The number of urea groups is 1. The molecule has 1 aliphatic rings. The maximum atomic E-state index is 12.5. The standard InChI is InChI=1S/C17H17Cl3N4O/c18-12-4-1-2-5-15(12)22-17(25)24-7-3-6-23(8-9-24)16-13(19)10-21-11-14(16)20/h1-2,4-5,10-11H,3,6-9H2,(H,22,25). The number of nitrogens with zero attached hydrogens (tertiary/aromatic N) is 3.